The van der Waals surface area contributed by atoms with Gasteiger partial charge in [-0.2, -0.15) is 0 Å². The number of anilines is 3. The summed E-state index contributed by atoms with van der Waals surface area (Å²) in [6.07, 6.45) is 12.6. The highest BCUT2D eigenvalue weighted by molar-refractivity contribution is 5.88. The SMILES string of the molecule is COc1cc(C)c2cnc(Nc3ccc(N4CCC(CCCc5nnn[nH]5)CC4)cc3)nc2c1C1CCCC1. The van der Waals surface area contributed by atoms with Crippen molar-refractivity contribution >= 4 is 28.2 Å². The van der Waals surface area contributed by atoms with Crippen molar-refractivity contribution in [1.29, 1.82) is 0 Å². The summed E-state index contributed by atoms with van der Waals surface area (Å²) < 4.78 is 5.82. The molecule has 9 nitrogen and oxygen atoms in total. The van der Waals surface area contributed by atoms with Gasteiger partial charge in [0.25, 0.3) is 0 Å². The second-order valence-electron chi connectivity index (χ2n) is 11.1. The lowest BCUT2D eigenvalue weighted by molar-refractivity contribution is 0.372. The lowest BCUT2D eigenvalue weighted by Crippen LogP contribution is -2.33. The molecule has 6 rings (SSSR count). The van der Waals surface area contributed by atoms with Crippen molar-refractivity contribution in [2.45, 2.75) is 70.6 Å². The fourth-order valence-corrected chi connectivity index (χ4v) is 6.39. The van der Waals surface area contributed by atoms with E-state index in [1.807, 2.05) is 6.20 Å². The molecule has 1 aliphatic carbocycles. The fourth-order valence-electron chi connectivity index (χ4n) is 6.39. The minimum Gasteiger partial charge on any atom is -0.496 e. The van der Waals surface area contributed by atoms with Crippen LogP contribution < -0.4 is 15.0 Å². The molecule has 2 N–H and O–H groups in total. The molecule has 2 aliphatic rings. The zero-order valence-corrected chi connectivity index (χ0v) is 23.0. The maximum atomic E-state index is 5.82. The molecular formula is C30H38N8O. The maximum Gasteiger partial charge on any atom is 0.227 e. The maximum absolute atomic E-state index is 5.82. The molecule has 1 saturated heterocycles. The van der Waals surface area contributed by atoms with Gasteiger partial charge in [-0.3, -0.25) is 0 Å². The van der Waals surface area contributed by atoms with Crippen LogP contribution in [0.4, 0.5) is 17.3 Å². The van der Waals surface area contributed by atoms with E-state index in [1.165, 1.54) is 56.2 Å². The van der Waals surface area contributed by atoms with Gasteiger partial charge in [0, 0.05) is 48.0 Å². The number of benzene rings is 2. The average molecular weight is 527 g/mol. The van der Waals surface area contributed by atoms with E-state index >= 15 is 0 Å². The number of aromatic amines is 1. The number of aromatic nitrogens is 6. The molecule has 0 radical (unpaired) electrons. The number of piperidine rings is 1. The van der Waals surface area contributed by atoms with E-state index in [0.717, 1.165) is 65.6 Å². The monoisotopic (exact) mass is 526 g/mol. The summed E-state index contributed by atoms with van der Waals surface area (Å²) in [5.41, 5.74) is 5.69. The van der Waals surface area contributed by atoms with Crippen molar-refractivity contribution in [1.82, 2.24) is 30.6 Å². The summed E-state index contributed by atoms with van der Waals surface area (Å²) in [4.78, 5) is 12.2. The second kappa shape index (κ2) is 11.6. The summed E-state index contributed by atoms with van der Waals surface area (Å²) in [5, 5.41) is 18.7. The normalized spacial score (nSPS) is 16.7. The molecule has 0 atom stereocenters. The Morgan fingerprint density at radius 1 is 1.08 bits per heavy atom. The van der Waals surface area contributed by atoms with Gasteiger partial charge in [-0.25, -0.2) is 15.1 Å². The highest BCUT2D eigenvalue weighted by Crippen LogP contribution is 2.43. The van der Waals surface area contributed by atoms with Gasteiger partial charge in [-0.15, -0.1) is 5.10 Å². The van der Waals surface area contributed by atoms with Crippen molar-refractivity contribution in [3.8, 4) is 5.75 Å². The zero-order valence-electron chi connectivity index (χ0n) is 23.0. The number of hydrogen-bond acceptors (Lipinski definition) is 8. The summed E-state index contributed by atoms with van der Waals surface area (Å²) in [5.74, 6) is 3.75. The summed E-state index contributed by atoms with van der Waals surface area (Å²) in [6.45, 7) is 4.30. The average Bonchev–Trinajstić information content (AvgIpc) is 3.69. The Hall–Kier alpha value is -3.75. The smallest absolute Gasteiger partial charge is 0.227 e. The molecule has 0 amide bonds. The van der Waals surface area contributed by atoms with Crippen molar-refractivity contribution in [3.05, 3.63) is 53.5 Å². The highest BCUT2D eigenvalue weighted by atomic mass is 16.5. The molecule has 0 spiro atoms. The van der Waals surface area contributed by atoms with E-state index in [4.69, 9.17) is 9.72 Å². The summed E-state index contributed by atoms with van der Waals surface area (Å²) in [6, 6.07) is 10.8. The van der Waals surface area contributed by atoms with Crippen LogP contribution in [0.25, 0.3) is 10.9 Å². The predicted octanol–water partition coefficient (Wildman–Crippen LogP) is 6.10. The van der Waals surface area contributed by atoms with Crippen LogP contribution in [-0.2, 0) is 6.42 Å². The van der Waals surface area contributed by atoms with Gasteiger partial charge >= 0.3 is 0 Å². The van der Waals surface area contributed by atoms with Gasteiger partial charge in [0.1, 0.15) is 11.6 Å². The number of nitrogens with zero attached hydrogens (tertiary/aromatic N) is 6. The first-order chi connectivity index (χ1) is 19.2. The number of fused-ring (bicyclic) bond motifs is 1. The first-order valence-electron chi connectivity index (χ1n) is 14.4. The lowest BCUT2D eigenvalue weighted by Gasteiger charge is -2.33. The van der Waals surface area contributed by atoms with E-state index in [2.05, 4.69) is 73.1 Å². The molecule has 39 heavy (non-hydrogen) atoms. The topological polar surface area (TPSA) is 105 Å². The molecule has 0 bridgehead atoms. The molecule has 2 aromatic heterocycles. The molecule has 2 fully saturated rings. The molecule has 3 heterocycles. The lowest BCUT2D eigenvalue weighted by atomic mass is 9.91. The second-order valence-corrected chi connectivity index (χ2v) is 11.1. The Morgan fingerprint density at radius 2 is 1.87 bits per heavy atom. The van der Waals surface area contributed by atoms with Crippen LogP contribution in [0.1, 0.15) is 74.2 Å². The first-order valence-corrected chi connectivity index (χ1v) is 14.4. The number of tetrazole rings is 1. The highest BCUT2D eigenvalue weighted by Gasteiger charge is 2.25. The van der Waals surface area contributed by atoms with Gasteiger partial charge in [0.05, 0.1) is 12.6 Å². The number of rotatable bonds is 9. The van der Waals surface area contributed by atoms with Gasteiger partial charge in [0.2, 0.25) is 5.95 Å². The molecule has 1 aliphatic heterocycles. The van der Waals surface area contributed by atoms with E-state index in [-0.39, 0.29) is 0 Å². The molecule has 204 valence electrons. The molecule has 1 saturated carbocycles. The fraction of sp³-hybridized carbons (Fsp3) is 0.500. The van der Waals surface area contributed by atoms with Crippen LogP contribution in [-0.4, -0.2) is 50.8 Å². The van der Waals surface area contributed by atoms with Gasteiger partial charge < -0.3 is 15.0 Å². The van der Waals surface area contributed by atoms with Crippen LogP contribution in [0, 0.1) is 12.8 Å². The minimum atomic E-state index is 0.500. The molecular weight excluding hydrogens is 488 g/mol. The minimum absolute atomic E-state index is 0.500. The number of ether oxygens (including phenoxy) is 1. The largest absolute Gasteiger partial charge is 0.496 e. The van der Waals surface area contributed by atoms with Crippen LogP contribution in [0.3, 0.4) is 0 Å². The quantitative estimate of drug-likeness (QED) is 0.270. The van der Waals surface area contributed by atoms with Crippen LogP contribution >= 0.6 is 0 Å². The zero-order chi connectivity index (χ0) is 26.6. The van der Waals surface area contributed by atoms with Gasteiger partial charge in [-0.1, -0.05) is 12.8 Å². The number of methoxy groups -OCH3 is 1. The van der Waals surface area contributed by atoms with Crippen LogP contribution in [0.5, 0.6) is 5.75 Å². The van der Waals surface area contributed by atoms with E-state index in [0.29, 0.717) is 11.9 Å². The first kappa shape index (κ1) is 25.5. The van der Waals surface area contributed by atoms with Crippen molar-refractivity contribution < 1.29 is 4.74 Å². The van der Waals surface area contributed by atoms with E-state index in [1.54, 1.807) is 7.11 Å². The third kappa shape index (κ3) is 5.67. The number of hydrogen-bond donors (Lipinski definition) is 2. The Bertz CT molecular complexity index is 1370. The summed E-state index contributed by atoms with van der Waals surface area (Å²) >= 11 is 0. The number of aryl methyl sites for hydroxylation is 2. The number of H-pyrrole nitrogens is 1. The molecule has 0 unspecified atom stereocenters. The van der Waals surface area contributed by atoms with E-state index < -0.39 is 0 Å². The van der Waals surface area contributed by atoms with Crippen LogP contribution in [0.15, 0.2) is 36.5 Å². The van der Waals surface area contributed by atoms with E-state index in [9.17, 15) is 0 Å². The Morgan fingerprint density at radius 3 is 2.59 bits per heavy atom. The van der Waals surface area contributed by atoms with Gasteiger partial charge in [0.15, 0.2) is 0 Å². The molecule has 2 aromatic carbocycles. The number of nitrogens with one attached hydrogen (secondary N) is 2. The van der Waals surface area contributed by atoms with Crippen molar-refractivity contribution in [2.24, 2.45) is 5.92 Å². The van der Waals surface area contributed by atoms with Crippen LogP contribution in [0.2, 0.25) is 0 Å². The van der Waals surface area contributed by atoms with Crippen molar-refractivity contribution in [2.75, 3.05) is 30.4 Å². The predicted molar refractivity (Wildman–Crippen MR) is 154 cm³/mol. The Balaban J connectivity index is 1.10. The van der Waals surface area contributed by atoms with Gasteiger partial charge in [-0.05, 0) is 104 Å². The molecule has 4 aromatic rings. The Labute approximate surface area is 229 Å². The summed E-state index contributed by atoms with van der Waals surface area (Å²) in [7, 11) is 1.77. The molecule has 9 heteroatoms. The van der Waals surface area contributed by atoms with Crippen molar-refractivity contribution in [3.63, 3.8) is 0 Å². The third-order valence-corrected chi connectivity index (χ3v) is 8.58. The Kier molecular flexibility index (Phi) is 7.56. The third-order valence-electron chi connectivity index (χ3n) is 8.58. The standard InChI is InChI=1S/C30H38N8O/c1-20-18-26(39-2)28(22-7-3-4-8-22)29-25(20)19-31-30(33-29)32-23-10-12-24(13-11-23)38-16-14-21(15-17-38)6-5-9-27-34-36-37-35-27/h10-13,18-19,21-22H,3-9,14-17H2,1-2H3,(H,31,32,33)(H,34,35,36,37).